The number of carbonyl (C=O) groups is 1. The Bertz CT molecular complexity index is 1190. The molecule has 2 heterocycles. The first-order valence-corrected chi connectivity index (χ1v) is 13.4. The molecule has 34 heavy (non-hydrogen) atoms. The van der Waals surface area contributed by atoms with Crippen LogP contribution < -0.4 is 10.1 Å². The van der Waals surface area contributed by atoms with Crippen molar-refractivity contribution in [1.29, 1.82) is 5.26 Å². The molecular weight excluding hydrogens is 466 g/mol. The Balaban J connectivity index is 1.33. The lowest BCUT2D eigenvalue weighted by Gasteiger charge is -2.20. The summed E-state index contributed by atoms with van der Waals surface area (Å²) >= 11 is 2.87. The van der Waals surface area contributed by atoms with Crippen LogP contribution in [0.1, 0.15) is 54.1 Å². The minimum absolute atomic E-state index is 0.149. The summed E-state index contributed by atoms with van der Waals surface area (Å²) in [5.74, 6) is 2.18. The molecule has 1 N–H and O–H groups in total. The lowest BCUT2D eigenvalue weighted by atomic mass is 9.86. The van der Waals surface area contributed by atoms with E-state index in [4.69, 9.17) is 4.74 Å². The second-order valence-electron chi connectivity index (χ2n) is 8.42. The third-order valence-electron chi connectivity index (χ3n) is 6.27. The predicted molar refractivity (Wildman–Crippen MR) is 135 cm³/mol. The van der Waals surface area contributed by atoms with Crippen molar-refractivity contribution in [3.05, 3.63) is 51.7 Å². The maximum atomic E-state index is 12.7. The van der Waals surface area contributed by atoms with E-state index in [0.29, 0.717) is 34.1 Å². The van der Waals surface area contributed by atoms with Gasteiger partial charge >= 0.3 is 0 Å². The number of thioether (sulfide) groups is 1. The number of thiophene rings is 1. The molecule has 1 amide bonds. The highest BCUT2D eigenvalue weighted by atomic mass is 32.2. The number of carbonyl (C=O) groups excluding carboxylic acids is 1. The molecule has 0 spiro atoms. The van der Waals surface area contributed by atoms with E-state index < -0.39 is 0 Å². The third kappa shape index (κ3) is 5.45. The van der Waals surface area contributed by atoms with E-state index in [1.165, 1.54) is 22.2 Å². The zero-order valence-corrected chi connectivity index (χ0v) is 21.4. The highest BCUT2D eigenvalue weighted by Gasteiger charge is 2.26. The fourth-order valence-electron chi connectivity index (χ4n) is 4.07. The van der Waals surface area contributed by atoms with Gasteiger partial charge in [0, 0.05) is 11.9 Å². The fraction of sp³-hybridized carbons (Fsp3) is 0.440. The van der Waals surface area contributed by atoms with Gasteiger partial charge in [-0.3, -0.25) is 4.79 Å². The molecule has 4 rings (SSSR count). The number of hydrogen-bond donors (Lipinski definition) is 1. The summed E-state index contributed by atoms with van der Waals surface area (Å²) in [4.78, 5) is 13.9. The van der Waals surface area contributed by atoms with Gasteiger partial charge in [-0.2, -0.15) is 5.26 Å². The second kappa shape index (κ2) is 11.1. The summed E-state index contributed by atoms with van der Waals surface area (Å²) < 4.78 is 7.67. The topological polar surface area (TPSA) is 92.8 Å². The summed E-state index contributed by atoms with van der Waals surface area (Å²) in [6.07, 6.45) is 5.17. The van der Waals surface area contributed by atoms with E-state index in [9.17, 15) is 10.1 Å². The highest BCUT2D eigenvalue weighted by Crippen LogP contribution is 2.40. The summed E-state index contributed by atoms with van der Waals surface area (Å²) in [7, 11) is 1.87. The van der Waals surface area contributed by atoms with Crippen LogP contribution in [0, 0.1) is 17.2 Å². The molecule has 1 aliphatic rings. The molecule has 0 bridgehead atoms. The quantitative estimate of drug-likeness (QED) is 0.414. The van der Waals surface area contributed by atoms with Crippen molar-refractivity contribution in [3.8, 4) is 11.8 Å². The molecule has 0 saturated carbocycles. The molecule has 2 aromatic heterocycles. The first kappa shape index (κ1) is 24.3. The number of hydrogen-bond acceptors (Lipinski definition) is 7. The van der Waals surface area contributed by atoms with E-state index in [1.807, 2.05) is 23.7 Å². The predicted octanol–water partition coefficient (Wildman–Crippen LogP) is 5.14. The average Bonchev–Trinajstić information content (AvgIpc) is 3.39. The number of rotatable bonds is 9. The molecule has 1 aromatic carbocycles. The smallest absolute Gasteiger partial charge is 0.235 e. The summed E-state index contributed by atoms with van der Waals surface area (Å²) in [5, 5.41) is 22.4. The normalized spacial score (nSPS) is 14.9. The lowest BCUT2D eigenvalue weighted by Crippen LogP contribution is -2.15. The van der Waals surface area contributed by atoms with Gasteiger partial charge in [-0.05, 0) is 54.9 Å². The standard InChI is InChI=1S/C25H29N5O2S2/c1-4-16-6-9-18(10-7-16)32-14-22-28-29-25(30(22)3)33-15-23(31)27-24-20(13-26)19-11-8-17(5-2)12-21(19)34-24/h6-7,9-10,17H,4-5,8,11-12,14-15H2,1-3H3,(H,27,31). The summed E-state index contributed by atoms with van der Waals surface area (Å²) in [5.41, 5.74) is 3.03. The van der Waals surface area contributed by atoms with Crippen molar-refractivity contribution in [2.45, 2.75) is 57.7 Å². The number of nitriles is 1. The van der Waals surface area contributed by atoms with Crippen LogP contribution in [0.4, 0.5) is 5.00 Å². The number of nitrogens with one attached hydrogen (secondary N) is 1. The van der Waals surface area contributed by atoms with Crippen molar-refractivity contribution in [2.75, 3.05) is 11.1 Å². The highest BCUT2D eigenvalue weighted by molar-refractivity contribution is 7.99. The van der Waals surface area contributed by atoms with Crippen LogP contribution in [0.25, 0.3) is 0 Å². The molecule has 1 atom stereocenters. The molecule has 1 unspecified atom stereocenters. The number of aromatic nitrogens is 3. The van der Waals surface area contributed by atoms with Crippen LogP contribution in [-0.2, 0) is 37.7 Å². The molecule has 178 valence electrons. The number of aryl methyl sites for hydroxylation is 1. The van der Waals surface area contributed by atoms with Crippen molar-refractivity contribution < 1.29 is 9.53 Å². The average molecular weight is 496 g/mol. The van der Waals surface area contributed by atoms with E-state index in [0.717, 1.165) is 43.4 Å². The SMILES string of the molecule is CCc1ccc(OCc2nnc(SCC(=O)Nc3sc4c(c3C#N)CCC(CC)C4)n2C)cc1. The zero-order valence-electron chi connectivity index (χ0n) is 19.8. The molecule has 0 saturated heterocycles. The summed E-state index contributed by atoms with van der Waals surface area (Å²) in [6.45, 7) is 4.63. The van der Waals surface area contributed by atoms with E-state index in [1.54, 1.807) is 11.3 Å². The van der Waals surface area contributed by atoms with Gasteiger partial charge in [-0.15, -0.1) is 21.5 Å². The Morgan fingerprint density at radius 1 is 1.32 bits per heavy atom. The van der Waals surface area contributed by atoms with Crippen LogP contribution in [0.3, 0.4) is 0 Å². The van der Waals surface area contributed by atoms with Crippen molar-refractivity contribution in [2.24, 2.45) is 13.0 Å². The summed E-state index contributed by atoms with van der Waals surface area (Å²) in [6, 6.07) is 10.3. The van der Waals surface area contributed by atoms with Crippen molar-refractivity contribution in [3.63, 3.8) is 0 Å². The van der Waals surface area contributed by atoms with Crippen LogP contribution >= 0.6 is 23.1 Å². The van der Waals surface area contributed by atoms with Gasteiger partial charge in [0.1, 0.15) is 23.4 Å². The molecule has 3 aromatic rings. The van der Waals surface area contributed by atoms with Gasteiger partial charge in [-0.1, -0.05) is 44.2 Å². The zero-order chi connectivity index (χ0) is 24.1. The van der Waals surface area contributed by atoms with Gasteiger partial charge in [0.15, 0.2) is 11.0 Å². The first-order valence-electron chi connectivity index (χ1n) is 11.6. The van der Waals surface area contributed by atoms with Gasteiger partial charge in [0.25, 0.3) is 0 Å². The Labute approximate surface area is 208 Å². The number of anilines is 1. The maximum absolute atomic E-state index is 12.7. The minimum Gasteiger partial charge on any atom is -0.486 e. The maximum Gasteiger partial charge on any atom is 0.235 e. The first-order chi connectivity index (χ1) is 16.5. The Kier molecular flexibility index (Phi) is 7.91. The van der Waals surface area contributed by atoms with E-state index >= 15 is 0 Å². The number of fused-ring (bicyclic) bond motifs is 1. The molecule has 1 aliphatic carbocycles. The fourth-order valence-corrected chi connectivity index (χ4v) is 6.13. The minimum atomic E-state index is -0.149. The Morgan fingerprint density at radius 2 is 2.12 bits per heavy atom. The van der Waals surface area contributed by atoms with E-state index in [2.05, 4.69) is 47.6 Å². The molecule has 0 fully saturated rings. The van der Waals surface area contributed by atoms with Crippen molar-refractivity contribution >= 4 is 34.0 Å². The van der Waals surface area contributed by atoms with E-state index in [-0.39, 0.29) is 11.7 Å². The molecule has 0 radical (unpaired) electrons. The third-order valence-corrected chi connectivity index (χ3v) is 8.46. The van der Waals surface area contributed by atoms with Gasteiger partial charge < -0.3 is 14.6 Å². The lowest BCUT2D eigenvalue weighted by molar-refractivity contribution is -0.113. The molecule has 9 heteroatoms. The number of benzene rings is 1. The van der Waals surface area contributed by atoms with Gasteiger partial charge in [0.05, 0.1) is 11.3 Å². The number of amides is 1. The van der Waals surface area contributed by atoms with Crippen LogP contribution in [-0.4, -0.2) is 26.4 Å². The van der Waals surface area contributed by atoms with Gasteiger partial charge in [0.2, 0.25) is 5.91 Å². The molecular formula is C25H29N5O2S2. The largest absolute Gasteiger partial charge is 0.486 e. The molecule has 7 nitrogen and oxygen atoms in total. The second-order valence-corrected chi connectivity index (χ2v) is 10.5. The van der Waals surface area contributed by atoms with Gasteiger partial charge in [-0.25, -0.2) is 0 Å². The van der Waals surface area contributed by atoms with Crippen LogP contribution in [0.5, 0.6) is 5.75 Å². The van der Waals surface area contributed by atoms with Crippen LogP contribution in [0.15, 0.2) is 29.4 Å². The monoisotopic (exact) mass is 495 g/mol. The molecule has 0 aliphatic heterocycles. The Morgan fingerprint density at radius 3 is 2.82 bits per heavy atom. The Hall–Kier alpha value is -2.83. The van der Waals surface area contributed by atoms with Crippen LogP contribution in [0.2, 0.25) is 0 Å². The number of nitrogens with zero attached hydrogens (tertiary/aromatic N) is 4. The van der Waals surface area contributed by atoms with Crippen molar-refractivity contribution in [1.82, 2.24) is 14.8 Å². The number of ether oxygens (including phenoxy) is 1.